The topological polar surface area (TPSA) is 91.7 Å². The van der Waals surface area contributed by atoms with Gasteiger partial charge in [-0.3, -0.25) is 9.59 Å². The summed E-state index contributed by atoms with van der Waals surface area (Å²) in [7, 11) is 0. The lowest BCUT2D eigenvalue weighted by atomic mass is 9.45. The molecule has 0 aromatic carbocycles. The van der Waals surface area contributed by atoms with Crippen LogP contribution in [0.2, 0.25) is 0 Å². The van der Waals surface area contributed by atoms with Crippen LogP contribution in [-0.2, 0) is 14.4 Å². The second-order valence-electron chi connectivity index (χ2n) is 10.1. The largest absolute Gasteiger partial charge is 0.475 e. The number of carboxylic acids is 1. The number of carboxylic acid groups (broad SMARTS) is 1. The monoisotopic (exact) mass is 392 g/mol. The van der Waals surface area contributed by atoms with Crippen molar-refractivity contribution in [3.05, 3.63) is 11.6 Å². The zero-order valence-electron chi connectivity index (χ0n) is 16.7. The van der Waals surface area contributed by atoms with E-state index in [1.54, 1.807) is 0 Å². The Kier molecular flexibility index (Phi) is 4.38. The normalized spacial score (nSPS) is 50.2. The molecule has 0 amide bonds. The van der Waals surface area contributed by atoms with Gasteiger partial charge in [0.1, 0.15) is 6.17 Å². The minimum atomic E-state index is -1.43. The number of Topliss-reactive ketones (excluding diaryl/α,β-unsaturated/α-hetero) is 1. The van der Waals surface area contributed by atoms with Crippen LogP contribution in [0.15, 0.2) is 11.6 Å². The standard InChI is InChI=1S/C22H29FO5/c1-10-6-13-12-8-15(23)14-7-11(24)4-5-21(14,2)18(12)16(25)9-22(13,3)17(10)19(26)20(27)28/h7,10,12-13,15-18,25H,4-6,8-9H2,1-3H3,(H,27,28)/t10?,12-,13-,15?,16?,17+,18+,21-,22-/m0/s1. The van der Waals surface area contributed by atoms with Crippen molar-refractivity contribution in [2.75, 3.05) is 0 Å². The summed E-state index contributed by atoms with van der Waals surface area (Å²) in [5, 5.41) is 20.5. The Hall–Kier alpha value is -1.56. The van der Waals surface area contributed by atoms with Gasteiger partial charge in [-0.25, -0.2) is 9.18 Å². The van der Waals surface area contributed by atoms with Crippen molar-refractivity contribution in [3.8, 4) is 0 Å². The van der Waals surface area contributed by atoms with Gasteiger partial charge in [-0.2, -0.15) is 0 Å². The summed E-state index contributed by atoms with van der Waals surface area (Å²) in [4.78, 5) is 35.8. The summed E-state index contributed by atoms with van der Waals surface area (Å²) in [5.41, 5.74) is -0.677. The molecule has 9 atom stereocenters. The number of ketones is 2. The van der Waals surface area contributed by atoms with Crippen molar-refractivity contribution in [3.63, 3.8) is 0 Å². The van der Waals surface area contributed by atoms with Crippen LogP contribution in [0.25, 0.3) is 0 Å². The van der Waals surface area contributed by atoms with E-state index >= 15 is 4.39 Å². The smallest absolute Gasteiger partial charge is 0.372 e. The number of hydrogen-bond acceptors (Lipinski definition) is 4. The lowest BCUT2D eigenvalue weighted by Gasteiger charge is -2.60. The number of alkyl halides is 1. The Morgan fingerprint density at radius 2 is 1.93 bits per heavy atom. The molecule has 0 spiro atoms. The Bertz CT molecular complexity index is 775. The van der Waals surface area contributed by atoms with Gasteiger partial charge in [0.25, 0.3) is 0 Å². The predicted octanol–water partition coefficient (Wildman–Crippen LogP) is 2.95. The van der Waals surface area contributed by atoms with Gasteiger partial charge in [0.05, 0.1) is 6.10 Å². The first-order valence-electron chi connectivity index (χ1n) is 10.3. The molecule has 3 unspecified atom stereocenters. The third-order valence-electron chi connectivity index (χ3n) is 8.71. The Morgan fingerprint density at radius 3 is 2.57 bits per heavy atom. The van der Waals surface area contributed by atoms with Crippen molar-refractivity contribution in [1.82, 2.24) is 0 Å². The Morgan fingerprint density at radius 1 is 1.25 bits per heavy atom. The van der Waals surface area contributed by atoms with E-state index in [1.165, 1.54) is 6.08 Å². The minimum Gasteiger partial charge on any atom is -0.475 e. The molecule has 0 radical (unpaired) electrons. The van der Waals surface area contributed by atoms with E-state index in [0.717, 1.165) is 0 Å². The van der Waals surface area contributed by atoms with Gasteiger partial charge < -0.3 is 10.2 Å². The van der Waals surface area contributed by atoms with Crippen LogP contribution >= 0.6 is 0 Å². The first kappa shape index (κ1) is 19.7. The molecule has 154 valence electrons. The van der Waals surface area contributed by atoms with Crippen LogP contribution in [0, 0.1) is 40.4 Å². The molecule has 5 nitrogen and oxygen atoms in total. The molecule has 0 saturated heterocycles. The van der Waals surface area contributed by atoms with Gasteiger partial charge in [-0.05, 0) is 71.8 Å². The van der Waals surface area contributed by atoms with E-state index in [2.05, 4.69) is 0 Å². The fraction of sp³-hybridized carbons (Fsp3) is 0.773. The van der Waals surface area contributed by atoms with Crippen molar-refractivity contribution in [2.45, 2.75) is 65.2 Å². The molecule has 0 heterocycles. The molecule has 4 aliphatic rings. The molecular formula is C22H29FO5. The maximum atomic E-state index is 15.2. The number of aliphatic hydroxyl groups excluding tert-OH is 1. The summed E-state index contributed by atoms with van der Waals surface area (Å²) >= 11 is 0. The van der Waals surface area contributed by atoms with Crippen LogP contribution in [-0.4, -0.2) is 40.0 Å². The molecule has 4 aliphatic carbocycles. The van der Waals surface area contributed by atoms with E-state index in [0.29, 0.717) is 31.3 Å². The van der Waals surface area contributed by atoms with Crippen LogP contribution in [0.5, 0.6) is 0 Å². The maximum absolute atomic E-state index is 15.2. The van der Waals surface area contributed by atoms with Gasteiger partial charge in [-0.15, -0.1) is 0 Å². The highest BCUT2D eigenvalue weighted by Crippen LogP contribution is 2.68. The Balaban J connectivity index is 1.76. The van der Waals surface area contributed by atoms with Gasteiger partial charge in [0.2, 0.25) is 5.78 Å². The third kappa shape index (κ3) is 2.49. The molecule has 6 heteroatoms. The summed E-state index contributed by atoms with van der Waals surface area (Å²) in [5.74, 6) is -3.31. The lowest BCUT2D eigenvalue weighted by molar-refractivity contribution is -0.161. The average Bonchev–Trinajstić information content (AvgIpc) is 2.85. The number of carbonyl (C=O) groups is 3. The molecule has 0 aromatic rings. The molecule has 0 aliphatic heterocycles. The molecule has 28 heavy (non-hydrogen) atoms. The van der Waals surface area contributed by atoms with E-state index < -0.39 is 40.8 Å². The zero-order chi connectivity index (χ0) is 20.6. The van der Waals surface area contributed by atoms with Crippen molar-refractivity contribution < 1.29 is 29.0 Å². The fourth-order valence-electron chi connectivity index (χ4n) is 7.75. The van der Waals surface area contributed by atoms with Gasteiger partial charge in [-0.1, -0.05) is 20.8 Å². The summed E-state index contributed by atoms with van der Waals surface area (Å²) < 4.78 is 15.2. The highest BCUT2D eigenvalue weighted by Gasteiger charge is 2.66. The van der Waals surface area contributed by atoms with Gasteiger partial charge in [0, 0.05) is 12.3 Å². The van der Waals surface area contributed by atoms with Crippen molar-refractivity contribution in [1.29, 1.82) is 0 Å². The molecule has 0 bridgehead atoms. The highest BCUT2D eigenvalue weighted by molar-refractivity contribution is 6.33. The second-order valence-corrected chi connectivity index (χ2v) is 10.1. The van der Waals surface area contributed by atoms with Gasteiger partial charge in [0.15, 0.2) is 5.78 Å². The molecule has 4 rings (SSSR count). The fourth-order valence-corrected chi connectivity index (χ4v) is 7.75. The van der Waals surface area contributed by atoms with E-state index in [9.17, 15) is 24.6 Å². The van der Waals surface area contributed by atoms with E-state index in [-0.39, 0.29) is 35.9 Å². The Labute approximate surface area is 164 Å². The molecule has 2 N–H and O–H groups in total. The molecule has 3 fully saturated rings. The van der Waals surface area contributed by atoms with E-state index in [4.69, 9.17) is 0 Å². The average molecular weight is 392 g/mol. The summed E-state index contributed by atoms with van der Waals surface area (Å²) in [6.45, 7) is 5.79. The van der Waals surface area contributed by atoms with Crippen molar-refractivity contribution >= 4 is 17.5 Å². The minimum absolute atomic E-state index is 0.00143. The number of aliphatic carboxylic acids is 1. The van der Waals surface area contributed by atoms with Gasteiger partial charge >= 0.3 is 5.97 Å². The van der Waals surface area contributed by atoms with Crippen LogP contribution in [0.1, 0.15) is 52.9 Å². The number of fused-ring (bicyclic) bond motifs is 5. The third-order valence-corrected chi connectivity index (χ3v) is 8.71. The summed E-state index contributed by atoms with van der Waals surface area (Å²) in [6.07, 6.45) is 1.64. The zero-order valence-corrected chi connectivity index (χ0v) is 16.7. The first-order chi connectivity index (χ1) is 13.0. The second kappa shape index (κ2) is 6.22. The molecule has 3 saturated carbocycles. The predicted molar refractivity (Wildman–Crippen MR) is 99.1 cm³/mol. The number of hydrogen-bond donors (Lipinski definition) is 2. The quantitative estimate of drug-likeness (QED) is 0.705. The molecule has 0 aromatic heterocycles. The lowest BCUT2D eigenvalue weighted by Crippen LogP contribution is -2.59. The number of allylic oxidation sites excluding steroid dienone is 1. The van der Waals surface area contributed by atoms with Crippen LogP contribution in [0.3, 0.4) is 0 Å². The first-order valence-corrected chi connectivity index (χ1v) is 10.3. The number of carbonyl (C=O) groups excluding carboxylic acids is 2. The van der Waals surface area contributed by atoms with Crippen LogP contribution < -0.4 is 0 Å². The van der Waals surface area contributed by atoms with E-state index in [1.807, 2.05) is 20.8 Å². The maximum Gasteiger partial charge on any atom is 0.372 e. The highest BCUT2D eigenvalue weighted by atomic mass is 19.1. The van der Waals surface area contributed by atoms with Crippen LogP contribution in [0.4, 0.5) is 4.39 Å². The SMILES string of the molecule is CC1C[C@H]2[C@@H]3CC(F)C4=CC(=O)CC[C@]4(C)[C@H]3C(O)C[C@]2(C)[C@H]1C(=O)C(=O)O. The molecular weight excluding hydrogens is 363 g/mol. The number of aliphatic hydroxyl groups is 1. The number of halogens is 1. The summed E-state index contributed by atoms with van der Waals surface area (Å²) in [6, 6.07) is 0. The number of rotatable bonds is 2. The van der Waals surface area contributed by atoms with Crippen molar-refractivity contribution in [2.24, 2.45) is 40.4 Å².